The number of hydrogen-bond donors (Lipinski definition) is 6. The molecule has 0 heterocycles. The quantitative estimate of drug-likeness (QED) is 0.153. The van der Waals surface area contributed by atoms with Gasteiger partial charge < -0.3 is 32.3 Å². The molecule has 2 unspecified atom stereocenters. The highest BCUT2D eigenvalue weighted by Crippen LogP contribution is 1.96. The van der Waals surface area contributed by atoms with Crippen molar-refractivity contribution in [2.45, 2.75) is 38.3 Å². The topological polar surface area (TPSA) is 180 Å². The summed E-state index contributed by atoms with van der Waals surface area (Å²) < 4.78 is 0. The molecule has 0 aliphatic heterocycles. The second-order valence-corrected chi connectivity index (χ2v) is 4.54. The number of hydrogen-bond acceptors (Lipinski definition) is 5. The Labute approximate surface area is 128 Å². The number of rotatable bonds is 10. The lowest BCUT2D eigenvalue weighted by Gasteiger charge is -2.16. The third-order valence-corrected chi connectivity index (χ3v) is 2.64. The van der Waals surface area contributed by atoms with E-state index in [1.165, 1.54) is 0 Å². The van der Waals surface area contributed by atoms with Crippen molar-refractivity contribution >= 4 is 23.8 Å². The van der Waals surface area contributed by atoms with E-state index in [0.717, 1.165) is 0 Å². The van der Waals surface area contributed by atoms with Crippen molar-refractivity contribution in [2.24, 2.45) is 16.5 Å². The second-order valence-electron chi connectivity index (χ2n) is 4.54. The minimum absolute atomic E-state index is 0.0820. The molecule has 126 valence electrons. The van der Waals surface area contributed by atoms with Crippen LogP contribution in [0.15, 0.2) is 4.99 Å². The molecular weight excluding hydrogens is 294 g/mol. The van der Waals surface area contributed by atoms with Gasteiger partial charge in [-0.1, -0.05) is 0 Å². The van der Waals surface area contributed by atoms with Crippen LogP contribution in [-0.4, -0.2) is 59.2 Å². The second kappa shape index (κ2) is 10.4. The van der Waals surface area contributed by atoms with Gasteiger partial charge >= 0.3 is 11.9 Å². The Morgan fingerprint density at radius 3 is 2.41 bits per heavy atom. The van der Waals surface area contributed by atoms with E-state index >= 15 is 0 Å². The minimum atomic E-state index is -1.15. The maximum Gasteiger partial charge on any atom is 0.320 e. The van der Waals surface area contributed by atoms with Crippen molar-refractivity contribution < 1.29 is 24.6 Å². The largest absolute Gasteiger partial charge is 0.481 e. The van der Waals surface area contributed by atoms with Crippen LogP contribution in [0.25, 0.3) is 0 Å². The van der Waals surface area contributed by atoms with Crippen LogP contribution in [0.1, 0.15) is 26.2 Å². The first-order valence-corrected chi connectivity index (χ1v) is 6.82. The van der Waals surface area contributed by atoms with E-state index in [1.807, 2.05) is 0 Å². The Kier molecular flexibility index (Phi) is 9.27. The lowest BCUT2D eigenvalue weighted by molar-refractivity contribution is -0.140. The summed E-state index contributed by atoms with van der Waals surface area (Å²) in [7, 11) is 0. The Morgan fingerprint density at radius 1 is 1.27 bits per heavy atom. The SMILES string of the molecule is CCNC(=O)C(CC(=O)O)NC(N)=NCCCC(N)C(=O)O. The molecule has 0 radical (unpaired) electrons. The molecule has 0 aromatic carbocycles. The molecule has 0 bridgehead atoms. The normalized spacial score (nSPS) is 14.0. The molecule has 0 aliphatic rings. The highest BCUT2D eigenvalue weighted by molar-refractivity contribution is 5.91. The molecule has 22 heavy (non-hydrogen) atoms. The first-order valence-electron chi connectivity index (χ1n) is 6.82. The number of nitrogens with two attached hydrogens (primary N) is 2. The van der Waals surface area contributed by atoms with E-state index in [0.29, 0.717) is 13.0 Å². The van der Waals surface area contributed by atoms with Crippen LogP contribution >= 0.6 is 0 Å². The molecule has 0 fully saturated rings. The predicted molar refractivity (Wildman–Crippen MR) is 79.2 cm³/mol. The third kappa shape index (κ3) is 8.74. The Bertz CT molecular complexity index is 426. The summed E-state index contributed by atoms with van der Waals surface area (Å²) >= 11 is 0. The van der Waals surface area contributed by atoms with E-state index in [4.69, 9.17) is 21.7 Å². The number of amides is 1. The molecular formula is C12H23N5O5. The summed E-state index contributed by atoms with van der Waals surface area (Å²) in [5.74, 6) is -2.81. The van der Waals surface area contributed by atoms with Crippen molar-refractivity contribution in [1.82, 2.24) is 10.6 Å². The molecule has 1 amide bonds. The number of aliphatic carboxylic acids is 2. The number of nitrogens with one attached hydrogen (secondary N) is 2. The number of carbonyl (C=O) groups excluding carboxylic acids is 1. The maximum atomic E-state index is 11.7. The molecule has 0 saturated carbocycles. The summed E-state index contributed by atoms with van der Waals surface area (Å²) in [6.07, 6.45) is 0.202. The van der Waals surface area contributed by atoms with Crippen molar-refractivity contribution in [3.05, 3.63) is 0 Å². The number of likely N-dealkylation sites (N-methyl/N-ethyl adjacent to an activating group) is 1. The molecule has 10 heteroatoms. The standard InChI is InChI=1S/C12H23N5O5/c1-2-15-10(20)8(6-9(18)19)17-12(14)16-5-3-4-7(13)11(21)22/h7-8H,2-6,13H2,1H3,(H,15,20)(H,18,19)(H,21,22)(H3,14,16,17). The molecule has 0 spiro atoms. The number of carboxylic acids is 2. The van der Waals surface area contributed by atoms with Crippen molar-refractivity contribution in [3.8, 4) is 0 Å². The van der Waals surface area contributed by atoms with Crippen molar-refractivity contribution in [1.29, 1.82) is 0 Å². The monoisotopic (exact) mass is 317 g/mol. The van der Waals surface area contributed by atoms with E-state index in [1.54, 1.807) is 6.92 Å². The van der Waals surface area contributed by atoms with Crippen molar-refractivity contribution in [3.63, 3.8) is 0 Å². The van der Waals surface area contributed by atoms with Crippen LogP contribution in [0.5, 0.6) is 0 Å². The Balaban J connectivity index is 4.38. The lowest BCUT2D eigenvalue weighted by Crippen LogP contribution is -2.50. The van der Waals surface area contributed by atoms with Crippen LogP contribution in [0.4, 0.5) is 0 Å². The summed E-state index contributed by atoms with van der Waals surface area (Å²) in [5.41, 5.74) is 10.9. The maximum absolute atomic E-state index is 11.7. The van der Waals surface area contributed by atoms with E-state index in [-0.39, 0.29) is 18.9 Å². The van der Waals surface area contributed by atoms with Gasteiger partial charge in [0.05, 0.1) is 6.42 Å². The third-order valence-electron chi connectivity index (χ3n) is 2.64. The summed E-state index contributed by atoms with van der Waals surface area (Å²) in [6, 6.07) is -1.98. The molecule has 2 atom stereocenters. The average Bonchev–Trinajstić information content (AvgIpc) is 2.42. The van der Waals surface area contributed by atoms with Gasteiger partial charge in [-0.25, -0.2) is 0 Å². The summed E-state index contributed by atoms with van der Waals surface area (Å²) in [4.78, 5) is 36.8. The zero-order valence-electron chi connectivity index (χ0n) is 12.4. The van der Waals surface area contributed by atoms with Crippen molar-refractivity contribution in [2.75, 3.05) is 13.1 Å². The number of guanidine groups is 1. The molecule has 8 N–H and O–H groups in total. The highest BCUT2D eigenvalue weighted by atomic mass is 16.4. The van der Waals surface area contributed by atoms with Gasteiger partial charge in [-0.05, 0) is 19.8 Å². The number of carboxylic acid groups (broad SMARTS) is 2. The molecule has 10 nitrogen and oxygen atoms in total. The van der Waals surface area contributed by atoms with Gasteiger partial charge in [-0.2, -0.15) is 0 Å². The summed E-state index contributed by atoms with van der Waals surface area (Å²) in [6.45, 7) is 2.29. The van der Waals surface area contributed by atoms with Gasteiger partial charge in [0.15, 0.2) is 5.96 Å². The van der Waals surface area contributed by atoms with Crippen LogP contribution in [0, 0.1) is 0 Å². The zero-order valence-corrected chi connectivity index (χ0v) is 12.4. The van der Waals surface area contributed by atoms with Gasteiger partial charge in [0.1, 0.15) is 12.1 Å². The van der Waals surface area contributed by atoms with Crippen LogP contribution in [0.2, 0.25) is 0 Å². The van der Waals surface area contributed by atoms with Gasteiger partial charge in [-0.3, -0.25) is 19.4 Å². The van der Waals surface area contributed by atoms with Crippen LogP contribution in [0.3, 0.4) is 0 Å². The number of carbonyl (C=O) groups is 3. The molecule has 0 aromatic heterocycles. The molecule has 0 saturated heterocycles. The first kappa shape index (κ1) is 19.6. The highest BCUT2D eigenvalue weighted by Gasteiger charge is 2.21. The van der Waals surface area contributed by atoms with E-state index < -0.39 is 36.4 Å². The summed E-state index contributed by atoms with van der Waals surface area (Å²) in [5, 5.41) is 22.4. The fourth-order valence-electron chi connectivity index (χ4n) is 1.54. The van der Waals surface area contributed by atoms with Gasteiger partial charge in [0.2, 0.25) is 5.91 Å². The van der Waals surface area contributed by atoms with E-state index in [9.17, 15) is 14.4 Å². The molecule has 0 aliphatic carbocycles. The smallest absolute Gasteiger partial charge is 0.320 e. The van der Waals surface area contributed by atoms with Crippen LogP contribution in [-0.2, 0) is 14.4 Å². The number of aliphatic imine (C=N–C) groups is 1. The molecule has 0 aromatic rings. The average molecular weight is 317 g/mol. The number of nitrogens with zero attached hydrogens (tertiary/aromatic N) is 1. The molecule has 0 rings (SSSR count). The fourth-order valence-corrected chi connectivity index (χ4v) is 1.54. The lowest BCUT2D eigenvalue weighted by atomic mass is 10.2. The van der Waals surface area contributed by atoms with Gasteiger partial charge in [0.25, 0.3) is 0 Å². The zero-order chi connectivity index (χ0) is 17.1. The Morgan fingerprint density at radius 2 is 1.91 bits per heavy atom. The van der Waals surface area contributed by atoms with Gasteiger partial charge in [-0.15, -0.1) is 0 Å². The fraction of sp³-hybridized carbons (Fsp3) is 0.667. The minimum Gasteiger partial charge on any atom is -0.481 e. The van der Waals surface area contributed by atoms with Gasteiger partial charge in [0, 0.05) is 13.1 Å². The van der Waals surface area contributed by atoms with Crippen LogP contribution < -0.4 is 22.1 Å². The predicted octanol–water partition coefficient (Wildman–Crippen LogP) is -1.94. The van der Waals surface area contributed by atoms with E-state index in [2.05, 4.69) is 15.6 Å². The first-order chi connectivity index (χ1) is 10.3. The Hall–Kier alpha value is -2.36.